The molecule has 0 saturated carbocycles. The van der Waals surface area contributed by atoms with Crippen LogP contribution in [0.25, 0.3) is 0 Å². The first kappa shape index (κ1) is 26.6. The van der Waals surface area contributed by atoms with Crippen molar-refractivity contribution in [3.63, 3.8) is 0 Å². The molecule has 0 radical (unpaired) electrons. The number of rotatable bonds is 10. The van der Waals surface area contributed by atoms with Gasteiger partial charge in [-0.25, -0.2) is 9.97 Å². The smallest absolute Gasteiger partial charge is 0.254 e. The van der Waals surface area contributed by atoms with Crippen molar-refractivity contribution in [1.29, 1.82) is 0 Å². The normalized spacial score (nSPS) is 18.3. The first-order valence-corrected chi connectivity index (χ1v) is 14.4. The van der Waals surface area contributed by atoms with Crippen molar-refractivity contribution >= 4 is 5.91 Å². The molecule has 3 aromatic rings. The average molecular weight is 518 g/mol. The van der Waals surface area contributed by atoms with Crippen molar-refractivity contribution in [2.75, 3.05) is 26.2 Å². The molecule has 2 fully saturated rings. The number of piperidine rings is 2. The zero-order chi connectivity index (χ0) is 26.4. The third-order valence-corrected chi connectivity index (χ3v) is 8.74. The second-order valence-electron chi connectivity index (χ2n) is 11.3. The quantitative estimate of drug-likeness (QED) is 0.402. The van der Waals surface area contributed by atoms with Gasteiger partial charge in [0.25, 0.3) is 5.91 Å². The van der Waals surface area contributed by atoms with E-state index in [9.17, 15) is 4.79 Å². The van der Waals surface area contributed by atoms with E-state index < -0.39 is 0 Å². The number of benzene rings is 1. The Morgan fingerprint density at radius 1 is 0.947 bits per heavy atom. The molecule has 1 amide bonds. The zero-order valence-corrected chi connectivity index (χ0v) is 23.0. The summed E-state index contributed by atoms with van der Waals surface area (Å²) in [6, 6.07) is 8.96. The summed E-state index contributed by atoms with van der Waals surface area (Å²) in [5, 5.41) is 0. The lowest BCUT2D eigenvalue weighted by atomic mass is 9.72. The molecule has 2 aliphatic heterocycles. The molecule has 0 aliphatic carbocycles. The summed E-state index contributed by atoms with van der Waals surface area (Å²) in [5.41, 5.74) is 2.45. The van der Waals surface area contributed by atoms with Gasteiger partial charge in [0, 0.05) is 49.5 Å². The van der Waals surface area contributed by atoms with Crippen LogP contribution in [0.3, 0.4) is 0 Å². The summed E-state index contributed by atoms with van der Waals surface area (Å²) in [5.74, 6) is 1.49. The van der Waals surface area contributed by atoms with E-state index in [1.54, 1.807) is 29.7 Å². The monoisotopic (exact) mass is 517 g/mol. The van der Waals surface area contributed by atoms with Gasteiger partial charge in [-0.3, -0.25) is 9.69 Å². The summed E-state index contributed by atoms with van der Waals surface area (Å²) in [6.45, 7) is 11.3. The Morgan fingerprint density at radius 2 is 1.58 bits per heavy atom. The van der Waals surface area contributed by atoms with Crippen molar-refractivity contribution in [2.24, 2.45) is 5.41 Å². The van der Waals surface area contributed by atoms with Crippen LogP contribution in [0.5, 0.6) is 0 Å². The molecule has 2 aromatic heterocycles. The highest BCUT2D eigenvalue weighted by atomic mass is 16.2. The minimum absolute atomic E-state index is 0.0227. The molecular weight excluding hydrogens is 474 g/mol. The molecule has 2 saturated heterocycles. The Labute approximate surface area is 226 Å². The van der Waals surface area contributed by atoms with Crippen LogP contribution < -0.4 is 0 Å². The van der Waals surface area contributed by atoms with Crippen molar-refractivity contribution in [3.8, 4) is 0 Å². The van der Waals surface area contributed by atoms with Gasteiger partial charge in [0.2, 0.25) is 0 Å². The second-order valence-corrected chi connectivity index (χ2v) is 11.3. The Kier molecular flexibility index (Phi) is 8.59. The van der Waals surface area contributed by atoms with E-state index in [1.807, 2.05) is 12.1 Å². The number of likely N-dealkylation sites (tertiary alicyclic amines) is 2. The van der Waals surface area contributed by atoms with Gasteiger partial charge in [-0.1, -0.05) is 26.0 Å². The van der Waals surface area contributed by atoms with Gasteiger partial charge < -0.3 is 19.8 Å². The van der Waals surface area contributed by atoms with E-state index in [0.29, 0.717) is 24.1 Å². The number of hydrogen-bond acceptors (Lipinski definition) is 5. The number of imidazole rings is 2. The number of nitrogens with one attached hydrogen (secondary N) is 2. The lowest BCUT2D eigenvalue weighted by Gasteiger charge is -2.49. The molecule has 0 atom stereocenters. The van der Waals surface area contributed by atoms with Crippen molar-refractivity contribution in [3.05, 3.63) is 71.8 Å². The molecule has 8 nitrogen and oxygen atoms in total. The molecule has 0 bridgehead atoms. The molecule has 1 spiro atoms. The van der Waals surface area contributed by atoms with Crippen molar-refractivity contribution in [2.45, 2.75) is 78.0 Å². The minimum atomic E-state index is -0.0227. The molecule has 2 N–H and O–H groups in total. The number of aromatic amines is 2. The fourth-order valence-electron chi connectivity index (χ4n) is 6.55. The van der Waals surface area contributed by atoms with Crippen LogP contribution in [0, 0.1) is 5.41 Å². The molecule has 2 aliphatic rings. The fraction of sp³-hybridized carbons (Fsp3) is 0.567. The van der Waals surface area contributed by atoms with Crippen molar-refractivity contribution < 1.29 is 4.79 Å². The standard InChI is InChI=1S/C30H43N7O/c1-3-26(4-2)36-18-11-30(12-19-36)10-5-17-35(23-30)20-24-6-8-25(9-7-24)29(38)37(21-27-31-13-14-32-27)22-28-33-15-16-34-28/h6-9,13-16,26H,3-5,10-12,17-23H2,1-2H3,(H,31,32)(H,33,34). The fourth-order valence-corrected chi connectivity index (χ4v) is 6.55. The van der Waals surface area contributed by atoms with E-state index in [4.69, 9.17) is 0 Å². The molecule has 0 unspecified atom stereocenters. The molecule has 38 heavy (non-hydrogen) atoms. The maximum absolute atomic E-state index is 13.4. The summed E-state index contributed by atoms with van der Waals surface area (Å²) >= 11 is 0. The Hall–Kier alpha value is -2.97. The zero-order valence-electron chi connectivity index (χ0n) is 23.0. The summed E-state index contributed by atoms with van der Waals surface area (Å²) in [6.07, 6.45) is 14.8. The summed E-state index contributed by atoms with van der Waals surface area (Å²) < 4.78 is 0. The van der Waals surface area contributed by atoms with Gasteiger partial charge >= 0.3 is 0 Å². The number of H-pyrrole nitrogens is 2. The van der Waals surface area contributed by atoms with Crippen LogP contribution in [-0.2, 0) is 19.6 Å². The van der Waals surface area contributed by atoms with E-state index in [1.165, 1.54) is 70.3 Å². The lowest BCUT2D eigenvalue weighted by molar-refractivity contribution is 0.00677. The Bertz CT molecular complexity index is 1080. The molecule has 8 heteroatoms. The minimum Gasteiger partial charge on any atom is -0.347 e. The van der Waals surface area contributed by atoms with Gasteiger partial charge in [-0.15, -0.1) is 0 Å². The van der Waals surface area contributed by atoms with Crippen LogP contribution >= 0.6 is 0 Å². The second kappa shape index (κ2) is 12.3. The maximum Gasteiger partial charge on any atom is 0.254 e. The van der Waals surface area contributed by atoms with Gasteiger partial charge in [0.1, 0.15) is 11.6 Å². The first-order valence-electron chi connectivity index (χ1n) is 14.4. The first-order chi connectivity index (χ1) is 18.6. The third kappa shape index (κ3) is 6.35. The van der Waals surface area contributed by atoms with Crippen LogP contribution in [0.1, 0.15) is 79.9 Å². The van der Waals surface area contributed by atoms with Crippen molar-refractivity contribution in [1.82, 2.24) is 34.6 Å². The predicted octanol–water partition coefficient (Wildman–Crippen LogP) is 4.84. The highest BCUT2D eigenvalue weighted by Gasteiger charge is 2.39. The molecule has 4 heterocycles. The SMILES string of the molecule is CCC(CC)N1CCC2(CCCN(Cc3ccc(C(=O)N(Cc4ncc[nH]4)Cc4ncc[nH]4)cc3)C2)CC1. The molecule has 5 rings (SSSR count). The number of amides is 1. The highest BCUT2D eigenvalue weighted by Crippen LogP contribution is 2.41. The number of aromatic nitrogens is 4. The lowest BCUT2D eigenvalue weighted by Crippen LogP contribution is -2.51. The van der Waals surface area contributed by atoms with Crippen LogP contribution in [0.4, 0.5) is 0 Å². The van der Waals surface area contributed by atoms with Crippen LogP contribution in [0.15, 0.2) is 49.1 Å². The van der Waals surface area contributed by atoms with Gasteiger partial charge in [-0.05, 0) is 81.3 Å². The van der Waals surface area contributed by atoms with Crippen LogP contribution in [0.2, 0.25) is 0 Å². The molecule has 204 valence electrons. The molecule has 1 aromatic carbocycles. The van der Waals surface area contributed by atoms with Gasteiger partial charge in [-0.2, -0.15) is 0 Å². The number of carbonyl (C=O) groups is 1. The van der Waals surface area contributed by atoms with E-state index >= 15 is 0 Å². The molecular formula is C30H43N7O. The van der Waals surface area contributed by atoms with E-state index in [0.717, 1.165) is 24.2 Å². The Morgan fingerprint density at radius 3 is 2.13 bits per heavy atom. The highest BCUT2D eigenvalue weighted by molar-refractivity contribution is 5.94. The van der Waals surface area contributed by atoms with E-state index in [-0.39, 0.29) is 5.91 Å². The number of carbonyl (C=O) groups excluding carboxylic acids is 1. The largest absolute Gasteiger partial charge is 0.347 e. The van der Waals surface area contributed by atoms with E-state index in [2.05, 4.69) is 55.7 Å². The Balaban J connectivity index is 1.19. The number of hydrogen-bond donors (Lipinski definition) is 2. The topological polar surface area (TPSA) is 84.2 Å². The van der Waals surface area contributed by atoms with Gasteiger partial charge in [0.15, 0.2) is 0 Å². The third-order valence-electron chi connectivity index (χ3n) is 8.74. The number of nitrogens with zero attached hydrogens (tertiary/aromatic N) is 5. The average Bonchev–Trinajstić information content (AvgIpc) is 3.65. The van der Waals surface area contributed by atoms with Gasteiger partial charge in [0.05, 0.1) is 13.1 Å². The maximum atomic E-state index is 13.4. The van der Waals surface area contributed by atoms with Crippen LogP contribution in [-0.4, -0.2) is 72.8 Å². The summed E-state index contributed by atoms with van der Waals surface area (Å²) in [7, 11) is 0. The predicted molar refractivity (Wildman–Crippen MR) is 149 cm³/mol. The summed E-state index contributed by atoms with van der Waals surface area (Å²) in [4.78, 5) is 35.4.